The summed E-state index contributed by atoms with van der Waals surface area (Å²) in [5.74, 6) is -2.80. The van der Waals surface area contributed by atoms with Crippen LogP contribution in [0.4, 0.5) is 5.69 Å². The quantitative estimate of drug-likeness (QED) is 0.446. The Balaban J connectivity index is 2.59. The number of hydrogen-bond acceptors (Lipinski definition) is 5. The largest absolute Gasteiger partial charge is 0.480 e. The Bertz CT molecular complexity index is 514. The van der Waals surface area contributed by atoms with Crippen LogP contribution in [0.2, 0.25) is 0 Å². The van der Waals surface area contributed by atoms with Gasteiger partial charge in [-0.05, 0) is 24.3 Å². The molecule has 21 heavy (non-hydrogen) atoms. The second kappa shape index (κ2) is 7.98. The lowest BCUT2D eigenvalue weighted by Gasteiger charge is -2.13. The number of amides is 1. The van der Waals surface area contributed by atoms with Crippen LogP contribution in [-0.2, 0) is 9.59 Å². The number of carbonyl (C=O) groups excluding carboxylic acids is 1. The summed E-state index contributed by atoms with van der Waals surface area (Å²) in [5, 5.41) is 31.3. The van der Waals surface area contributed by atoms with E-state index in [1.807, 2.05) is 0 Å². The molecule has 1 unspecified atom stereocenters. The molecule has 5 N–H and O–H groups in total. The molecule has 0 fully saturated rings. The number of carboxylic acids is 2. The molecule has 0 radical (unpaired) electrons. The van der Waals surface area contributed by atoms with Crippen molar-refractivity contribution in [3.05, 3.63) is 29.8 Å². The van der Waals surface area contributed by atoms with Crippen LogP contribution in [0.25, 0.3) is 0 Å². The predicted molar refractivity (Wildman–Crippen MR) is 73.2 cm³/mol. The van der Waals surface area contributed by atoms with Crippen molar-refractivity contribution in [2.24, 2.45) is 0 Å². The van der Waals surface area contributed by atoms with Crippen molar-refractivity contribution < 1.29 is 29.7 Å². The topological polar surface area (TPSA) is 136 Å². The second-order valence-electron chi connectivity index (χ2n) is 4.20. The molecule has 114 valence electrons. The maximum absolute atomic E-state index is 11.7. The highest BCUT2D eigenvalue weighted by Crippen LogP contribution is 2.10. The Morgan fingerprint density at radius 1 is 1.10 bits per heavy atom. The van der Waals surface area contributed by atoms with Gasteiger partial charge in [0, 0.05) is 12.2 Å². The molecule has 1 aromatic rings. The third-order valence-electron chi connectivity index (χ3n) is 2.61. The fourth-order valence-corrected chi connectivity index (χ4v) is 1.58. The SMILES string of the molecule is O=C(CC(NCCO)C(=O)O)Nc1ccc(C(=O)O)cc1. The van der Waals surface area contributed by atoms with Crippen molar-refractivity contribution in [1.29, 1.82) is 0 Å². The zero-order valence-electron chi connectivity index (χ0n) is 11.1. The maximum atomic E-state index is 11.7. The molecule has 0 aliphatic heterocycles. The van der Waals surface area contributed by atoms with E-state index in [1.165, 1.54) is 24.3 Å². The number of carboxylic acid groups (broad SMARTS) is 2. The first-order chi connectivity index (χ1) is 9.93. The Morgan fingerprint density at radius 3 is 2.19 bits per heavy atom. The first-order valence-electron chi connectivity index (χ1n) is 6.14. The van der Waals surface area contributed by atoms with Crippen molar-refractivity contribution in [2.75, 3.05) is 18.5 Å². The molecule has 8 nitrogen and oxygen atoms in total. The number of hydrogen-bond donors (Lipinski definition) is 5. The van der Waals surface area contributed by atoms with Gasteiger partial charge in [0.1, 0.15) is 6.04 Å². The summed E-state index contributed by atoms with van der Waals surface area (Å²) in [4.78, 5) is 33.3. The molecule has 0 saturated heterocycles. The van der Waals surface area contributed by atoms with Crippen LogP contribution in [0.1, 0.15) is 16.8 Å². The van der Waals surface area contributed by atoms with Gasteiger partial charge in [0.15, 0.2) is 0 Å². The third kappa shape index (κ3) is 5.59. The number of nitrogens with one attached hydrogen (secondary N) is 2. The number of aliphatic hydroxyl groups is 1. The standard InChI is InChI=1S/C13H16N2O6/c16-6-5-14-10(13(20)21)7-11(17)15-9-3-1-8(2-4-9)12(18)19/h1-4,10,14,16H,5-7H2,(H,15,17)(H,18,19)(H,20,21). The van der Waals surface area contributed by atoms with Gasteiger partial charge in [0.05, 0.1) is 18.6 Å². The van der Waals surface area contributed by atoms with E-state index in [0.29, 0.717) is 5.69 Å². The van der Waals surface area contributed by atoms with Gasteiger partial charge in [-0.15, -0.1) is 0 Å². The maximum Gasteiger partial charge on any atom is 0.335 e. The molecule has 0 heterocycles. The Kier molecular flexibility index (Phi) is 6.31. The van der Waals surface area contributed by atoms with Gasteiger partial charge in [-0.25, -0.2) is 4.79 Å². The van der Waals surface area contributed by atoms with Crippen molar-refractivity contribution in [1.82, 2.24) is 5.32 Å². The predicted octanol–water partition coefficient (Wildman–Crippen LogP) is -0.251. The monoisotopic (exact) mass is 296 g/mol. The number of aliphatic hydroxyl groups excluding tert-OH is 1. The third-order valence-corrected chi connectivity index (χ3v) is 2.61. The van der Waals surface area contributed by atoms with Gasteiger partial charge in [-0.3, -0.25) is 9.59 Å². The number of carbonyl (C=O) groups is 3. The fourth-order valence-electron chi connectivity index (χ4n) is 1.58. The lowest BCUT2D eigenvalue weighted by molar-refractivity contribution is -0.141. The number of rotatable bonds is 8. The zero-order valence-corrected chi connectivity index (χ0v) is 11.1. The zero-order chi connectivity index (χ0) is 15.8. The van der Waals surface area contributed by atoms with E-state index < -0.39 is 23.9 Å². The molecule has 0 aliphatic rings. The minimum atomic E-state index is -1.19. The molecular weight excluding hydrogens is 280 g/mol. The van der Waals surface area contributed by atoms with Gasteiger partial charge in [0.25, 0.3) is 0 Å². The minimum absolute atomic E-state index is 0.0670. The van der Waals surface area contributed by atoms with Crippen LogP contribution in [0.3, 0.4) is 0 Å². The van der Waals surface area contributed by atoms with Gasteiger partial charge in [-0.1, -0.05) is 0 Å². The van der Waals surface area contributed by atoms with E-state index in [4.69, 9.17) is 15.3 Å². The highest BCUT2D eigenvalue weighted by Gasteiger charge is 2.20. The van der Waals surface area contributed by atoms with Crippen LogP contribution in [0.5, 0.6) is 0 Å². The van der Waals surface area contributed by atoms with Crippen molar-refractivity contribution in [3.8, 4) is 0 Å². The summed E-state index contributed by atoms with van der Waals surface area (Å²) in [5.41, 5.74) is 0.456. The molecule has 0 aliphatic carbocycles. The normalized spacial score (nSPS) is 11.7. The molecular formula is C13H16N2O6. The van der Waals surface area contributed by atoms with Gasteiger partial charge in [-0.2, -0.15) is 0 Å². The first kappa shape index (κ1) is 16.6. The summed E-state index contributed by atoms with van der Waals surface area (Å²) in [7, 11) is 0. The van der Waals surface area contributed by atoms with Gasteiger partial charge >= 0.3 is 11.9 Å². The van der Waals surface area contributed by atoms with Gasteiger partial charge in [0.2, 0.25) is 5.91 Å². The van der Waals surface area contributed by atoms with E-state index >= 15 is 0 Å². The second-order valence-corrected chi connectivity index (χ2v) is 4.20. The van der Waals surface area contributed by atoms with E-state index in [2.05, 4.69) is 10.6 Å². The molecule has 1 rings (SSSR count). The first-order valence-corrected chi connectivity index (χ1v) is 6.14. The highest BCUT2D eigenvalue weighted by molar-refractivity contribution is 5.94. The number of aliphatic carboxylic acids is 1. The smallest absolute Gasteiger partial charge is 0.335 e. The molecule has 0 bridgehead atoms. The van der Waals surface area contributed by atoms with Crippen molar-refractivity contribution in [2.45, 2.75) is 12.5 Å². The molecule has 0 aromatic heterocycles. The number of anilines is 1. The van der Waals surface area contributed by atoms with Crippen LogP contribution in [0.15, 0.2) is 24.3 Å². The molecule has 8 heteroatoms. The summed E-state index contributed by atoms with van der Waals surface area (Å²) >= 11 is 0. The van der Waals surface area contributed by atoms with Crippen LogP contribution >= 0.6 is 0 Å². The molecule has 0 spiro atoms. The molecule has 1 atom stereocenters. The van der Waals surface area contributed by atoms with E-state index in [1.54, 1.807) is 0 Å². The van der Waals surface area contributed by atoms with Crippen molar-refractivity contribution >= 4 is 23.5 Å². The summed E-state index contributed by atoms with van der Waals surface area (Å²) in [6, 6.07) is 4.39. The number of aromatic carboxylic acids is 1. The van der Waals surface area contributed by atoms with E-state index in [-0.39, 0.29) is 25.1 Å². The summed E-state index contributed by atoms with van der Waals surface area (Å²) in [6.07, 6.45) is -0.310. The molecule has 0 saturated carbocycles. The van der Waals surface area contributed by atoms with Crippen LogP contribution < -0.4 is 10.6 Å². The Labute approximate surface area is 120 Å². The lowest BCUT2D eigenvalue weighted by atomic mass is 10.1. The Hall–Kier alpha value is -2.45. The summed E-state index contributed by atoms with van der Waals surface area (Å²) in [6.45, 7) is -0.167. The Morgan fingerprint density at radius 2 is 1.71 bits per heavy atom. The van der Waals surface area contributed by atoms with E-state index in [0.717, 1.165) is 0 Å². The van der Waals surface area contributed by atoms with Crippen LogP contribution in [-0.4, -0.2) is 52.4 Å². The minimum Gasteiger partial charge on any atom is -0.480 e. The number of benzene rings is 1. The average molecular weight is 296 g/mol. The lowest BCUT2D eigenvalue weighted by Crippen LogP contribution is -2.41. The summed E-state index contributed by atoms with van der Waals surface area (Å²) < 4.78 is 0. The molecule has 1 amide bonds. The van der Waals surface area contributed by atoms with Crippen LogP contribution in [0, 0.1) is 0 Å². The molecule has 1 aromatic carbocycles. The van der Waals surface area contributed by atoms with Gasteiger partial charge < -0.3 is 26.0 Å². The fraction of sp³-hybridized carbons (Fsp3) is 0.308. The highest BCUT2D eigenvalue weighted by atomic mass is 16.4. The van der Waals surface area contributed by atoms with Crippen molar-refractivity contribution in [3.63, 3.8) is 0 Å². The average Bonchev–Trinajstić information content (AvgIpc) is 2.43. The van der Waals surface area contributed by atoms with E-state index in [9.17, 15) is 14.4 Å².